The summed E-state index contributed by atoms with van der Waals surface area (Å²) in [6, 6.07) is 18.5. The lowest BCUT2D eigenvalue weighted by Crippen LogP contribution is -2.27. The Labute approximate surface area is 202 Å². The van der Waals surface area contributed by atoms with Crippen LogP contribution in [0.1, 0.15) is 41.4 Å². The van der Waals surface area contributed by atoms with Gasteiger partial charge in [-0.1, -0.05) is 54.1 Å². The number of amides is 1. The molecular weight excluding hydrogens is 452 g/mol. The van der Waals surface area contributed by atoms with Gasteiger partial charge in [-0.15, -0.1) is 0 Å². The van der Waals surface area contributed by atoms with Crippen molar-refractivity contribution in [3.05, 3.63) is 105 Å². The third-order valence-electron chi connectivity index (χ3n) is 5.81. The lowest BCUT2D eigenvalue weighted by atomic mass is 10.0. The number of benzene rings is 2. The summed E-state index contributed by atoms with van der Waals surface area (Å²) >= 11 is 5.89. The summed E-state index contributed by atoms with van der Waals surface area (Å²) in [5.74, 6) is 0.456. The minimum atomic E-state index is -0.533. The highest BCUT2D eigenvalue weighted by Gasteiger charge is 2.16. The van der Waals surface area contributed by atoms with Gasteiger partial charge in [-0.3, -0.25) is 9.59 Å². The minimum Gasteiger partial charge on any atom is -0.444 e. The number of aryl methyl sites for hydroxylation is 2. The molecule has 6 nitrogen and oxygen atoms in total. The summed E-state index contributed by atoms with van der Waals surface area (Å²) in [6.07, 6.45) is 3.02. The number of halogens is 1. The Morgan fingerprint density at radius 3 is 2.62 bits per heavy atom. The second-order valence-corrected chi connectivity index (χ2v) is 8.86. The number of aliphatic hydroxyl groups is 1. The molecule has 0 saturated heterocycles. The highest BCUT2D eigenvalue weighted by Crippen LogP contribution is 2.22. The van der Waals surface area contributed by atoms with Crippen LogP contribution in [0.2, 0.25) is 5.02 Å². The van der Waals surface area contributed by atoms with E-state index in [4.69, 9.17) is 16.0 Å². The van der Waals surface area contributed by atoms with E-state index in [-0.39, 0.29) is 17.8 Å². The van der Waals surface area contributed by atoms with E-state index in [2.05, 4.69) is 5.32 Å². The first-order valence-electron chi connectivity index (χ1n) is 11.3. The van der Waals surface area contributed by atoms with Gasteiger partial charge in [-0.25, -0.2) is 0 Å². The average Bonchev–Trinajstić information content (AvgIpc) is 3.27. The first kappa shape index (κ1) is 23.8. The molecule has 4 aromatic rings. The number of aliphatic hydroxyl groups excluding tert-OH is 1. The predicted octanol–water partition coefficient (Wildman–Crippen LogP) is 4.70. The number of furan rings is 1. The molecule has 1 unspecified atom stereocenters. The van der Waals surface area contributed by atoms with E-state index in [9.17, 15) is 14.7 Å². The van der Waals surface area contributed by atoms with Crippen LogP contribution >= 0.6 is 11.6 Å². The zero-order chi connectivity index (χ0) is 24.1. The molecule has 0 radical (unpaired) electrons. The molecule has 0 aliphatic heterocycles. The van der Waals surface area contributed by atoms with Gasteiger partial charge in [-0.2, -0.15) is 0 Å². The molecule has 34 heavy (non-hydrogen) atoms. The zero-order valence-electron chi connectivity index (χ0n) is 19.0. The number of aromatic nitrogens is 1. The number of hydrogen-bond acceptors (Lipinski definition) is 4. The van der Waals surface area contributed by atoms with Gasteiger partial charge in [0.25, 0.3) is 0 Å². The van der Waals surface area contributed by atoms with Crippen molar-refractivity contribution in [2.24, 2.45) is 7.05 Å². The van der Waals surface area contributed by atoms with E-state index in [0.717, 1.165) is 11.1 Å². The number of rotatable bonds is 9. The molecule has 0 fully saturated rings. The molecule has 0 aliphatic carbocycles. The maximum atomic E-state index is 13.0. The molecule has 1 atom stereocenters. The summed E-state index contributed by atoms with van der Waals surface area (Å²) in [5.41, 5.74) is 2.51. The van der Waals surface area contributed by atoms with E-state index in [1.165, 1.54) is 0 Å². The van der Waals surface area contributed by atoms with Crippen molar-refractivity contribution in [3.63, 3.8) is 0 Å². The van der Waals surface area contributed by atoms with Crippen molar-refractivity contribution in [1.82, 2.24) is 9.88 Å². The van der Waals surface area contributed by atoms with Gasteiger partial charge in [-0.05, 0) is 42.2 Å². The summed E-state index contributed by atoms with van der Waals surface area (Å²) in [7, 11) is 1.79. The fourth-order valence-electron chi connectivity index (χ4n) is 3.98. The maximum absolute atomic E-state index is 13.0. The quantitative estimate of drug-likeness (QED) is 0.365. The number of nitrogens with one attached hydrogen (secondary N) is 1. The average molecular weight is 479 g/mol. The SMILES string of the molecule is Cn1cc(CC(=O)NCc2ccc(Cl)cc2)c(=O)c2cc(CCCC(O)c3ccccc3)oc21. The summed E-state index contributed by atoms with van der Waals surface area (Å²) < 4.78 is 7.65. The molecule has 4 rings (SSSR count). The zero-order valence-corrected chi connectivity index (χ0v) is 19.7. The Kier molecular flexibility index (Phi) is 7.50. The van der Waals surface area contributed by atoms with E-state index in [1.807, 2.05) is 42.5 Å². The Balaban J connectivity index is 1.39. The van der Waals surface area contributed by atoms with Crippen LogP contribution in [0.15, 0.2) is 76.1 Å². The van der Waals surface area contributed by atoms with Gasteiger partial charge in [0, 0.05) is 36.8 Å². The number of fused-ring (bicyclic) bond motifs is 1. The third kappa shape index (κ3) is 5.76. The summed E-state index contributed by atoms with van der Waals surface area (Å²) in [4.78, 5) is 25.4. The fourth-order valence-corrected chi connectivity index (χ4v) is 4.10. The molecule has 0 saturated carbocycles. The van der Waals surface area contributed by atoms with Crippen LogP contribution in [0.3, 0.4) is 0 Å². The Morgan fingerprint density at radius 1 is 1.15 bits per heavy atom. The molecule has 1 amide bonds. The van der Waals surface area contributed by atoms with Gasteiger partial charge >= 0.3 is 0 Å². The van der Waals surface area contributed by atoms with Crippen molar-refractivity contribution in [2.45, 2.75) is 38.3 Å². The van der Waals surface area contributed by atoms with Crippen LogP contribution in [0, 0.1) is 0 Å². The van der Waals surface area contributed by atoms with Gasteiger partial charge in [0.2, 0.25) is 11.6 Å². The Hall–Kier alpha value is -3.35. The predicted molar refractivity (Wildman–Crippen MR) is 133 cm³/mol. The molecule has 2 N–H and O–H groups in total. The first-order valence-corrected chi connectivity index (χ1v) is 11.6. The second-order valence-electron chi connectivity index (χ2n) is 8.42. The van der Waals surface area contributed by atoms with Crippen molar-refractivity contribution < 1.29 is 14.3 Å². The van der Waals surface area contributed by atoms with Crippen molar-refractivity contribution in [3.8, 4) is 0 Å². The molecule has 7 heteroatoms. The van der Waals surface area contributed by atoms with Gasteiger partial charge in [0.1, 0.15) is 5.76 Å². The number of hydrogen-bond donors (Lipinski definition) is 2. The number of carbonyl (C=O) groups is 1. The van der Waals surface area contributed by atoms with Crippen LogP contribution in [0.25, 0.3) is 11.1 Å². The summed E-state index contributed by atoms with van der Waals surface area (Å²) in [6.45, 7) is 0.364. The molecule has 176 valence electrons. The van der Waals surface area contributed by atoms with Crippen LogP contribution < -0.4 is 10.7 Å². The molecule has 0 aliphatic rings. The monoisotopic (exact) mass is 478 g/mol. The van der Waals surface area contributed by atoms with Crippen molar-refractivity contribution in [1.29, 1.82) is 0 Å². The van der Waals surface area contributed by atoms with Crippen LogP contribution in [-0.2, 0) is 31.2 Å². The van der Waals surface area contributed by atoms with Gasteiger partial charge < -0.3 is 19.4 Å². The van der Waals surface area contributed by atoms with E-state index >= 15 is 0 Å². The van der Waals surface area contributed by atoms with E-state index < -0.39 is 6.10 Å². The largest absolute Gasteiger partial charge is 0.444 e. The molecule has 0 spiro atoms. The van der Waals surface area contributed by atoms with Crippen molar-refractivity contribution in [2.75, 3.05) is 0 Å². The lowest BCUT2D eigenvalue weighted by molar-refractivity contribution is -0.120. The topological polar surface area (TPSA) is 84.5 Å². The molecule has 2 aromatic heterocycles. The third-order valence-corrected chi connectivity index (χ3v) is 6.06. The first-order chi connectivity index (χ1) is 16.4. The van der Waals surface area contributed by atoms with Crippen LogP contribution in [0.4, 0.5) is 0 Å². The number of pyridine rings is 1. The highest BCUT2D eigenvalue weighted by atomic mass is 35.5. The Bertz CT molecular complexity index is 1330. The molecular formula is C27H27ClN2O4. The normalized spacial score (nSPS) is 12.1. The Morgan fingerprint density at radius 2 is 1.88 bits per heavy atom. The summed E-state index contributed by atoms with van der Waals surface area (Å²) in [5, 5.41) is 14.3. The van der Waals surface area contributed by atoms with E-state index in [0.29, 0.717) is 53.3 Å². The molecule has 0 bridgehead atoms. The molecule has 2 heterocycles. The minimum absolute atomic E-state index is 0.0139. The second kappa shape index (κ2) is 10.7. The van der Waals surface area contributed by atoms with E-state index in [1.54, 1.807) is 36.0 Å². The standard InChI is InChI=1S/C27H27ClN2O4/c1-30-17-20(14-25(32)29-16-18-10-12-21(28)13-11-18)26(33)23-15-22(34-27(23)30)8-5-9-24(31)19-6-3-2-4-7-19/h2-4,6-7,10-13,15,17,24,31H,5,8-9,14,16H2,1H3,(H,29,32). The van der Waals surface area contributed by atoms with Gasteiger partial charge in [0.05, 0.1) is 17.9 Å². The number of nitrogens with zero attached hydrogens (tertiary/aromatic N) is 1. The smallest absolute Gasteiger partial charge is 0.224 e. The van der Waals surface area contributed by atoms with Crippen molar-refractivity contribution >= 4 is 28.6 Å². The van der Waals surface area contributed by atoms with Gasteiger partial charge in [0.15, 0.2) is 5.43 Å². The number of carbonyl (C=O) groups excluding carboxylic acids is 1. The maximum Gasteiger partial charge on any atom is 0.224 e. The highest BCUT2D eigenvalue weighted by molar-refractivity contribution is 6.30. The fraction of sp³-hybridized carbons (Fsp3) is 0.259. The van der Waals surface area contributed by atoms with Crippen LogP contribution in [0.5, 0.6) is 0 Å². The molecule has 2 aromatic carbocycles. The lowest BCUT2D eigenvalue weighted by Gasteiger charge is -2.09. The van der Waals surface area contributed by atoms with Crippen LogP contribution in [-0.4, -0.2) is 15.6 Å².